The van der Waals surface area contributed by atoms with Crippen molar-refractivity contribution in [1.82, 2.24) is 10.1 Å². The molecule has 1 N–H and O–H groups in total. The zero-order valence-corrected chi connectivity index (χ0v) is 2.75. The van der Waals surface area contributed by atoms with E-state index in [1.165, 1.54) is 0 Å². The summed E-state index contributed by atoms with van der Waals surface area (Å²) in [5, 5.41) is 11.1. The minimum absolute atomic E-state index is 0.449. The van der Waals surface area contributed by atoms with E-state index in [0.717, 1.165) is 0 Å². The molecular formula is C2HN2O2. The Kier molecular flexibility index (Phi) is 0.506. The molecule has 1 aromatic heterocycles. The van der Waals surface area contributed by atoms with Crippen LogP contribution in [0.1, 0.15) is 0 Å². The van der Waals surface area contributed by atoms with Crippen LogP contribution in [0.5, 0.6) is 6.08 Å². The van der Waals surface area contributed by atoms with Crippen molar-refractivity contribution in [3.8, 4) is 6.08 Å². The van der Waals surface area contributed by atoms with Crippen molar-refractivity contribution in [3.63, 3.8) is 0 Å². The summed E-state index contributed by atoms with van der Waals surface area (Å²) in [6, 6.07) is 0. The number of aromatic nitrogens is 2. The molecule has 1 aromatic rings. The third kappa shape index (κ3) is 0.314. The van der Waals surface area contributed by atoms with Crippen molar-refractivity contribution in [2.24, 2.45) is 0 Å². The van der Waals surface area contributed by atoms with Gasteiger partial charge in [0, 0.05) is 0 Å². The van der Waals surface area contributed by atoms with Gasteiger partial charge in [-0.1, -0.05) is 0 Å². The minimum atomic E-state index is -0.449. The highest BCUT2D eigenvalue weighted by Crippen LogP contribution is 1.93. The van der Waals surface area contributed by atoms with E-state index in [9.17, 15) is 0 Å². The second kappa shape index (κ2) is 0.965. The van der Waals surface area contributed by atoms with Gasteiger partial charge in [-0.2, -0.15) is 0 Å². The molecule has 0 aliphatic heterocycles. The monoisotopic (exact) mass is 85.0 g/mol. The Balaban J connectivity index is 3.05. The number of hydrogen-bond donors (Lipinski definition) is 1. The van der Waals surface area contributed by atoms with Crippen LogP contribution in [0.15, 0.2) is 4.52 Å². The topological polar surface area (TPSA) is 59.2 Å². The molecule has 0 spiro atoms. The minimum Gasteiger partial charge on any atom is -0.464 e. The Morgan fingerprint density at radius 2 is 2.67 bits per heavy atom. The molecule has 4 heteroatoms. The summed E-state index contributed by atoms with van der Waals surface area (Å²) in [4.78, 5) is 3.07. The lowest BCUT2D eigenvalue weighted by molar-refractivity contribution is 0.267. The van der Waals surface area contributed by atoms with Gasteiger partial charge in [-0.05, 0) is 5.16 Å². The summed E-state index contributed by atoms with van der Waals surface area (Å²) in [7, 11) is 0. The first kappa shape index (κ1) is 3.14. The maximum Gasteiger partial charge on any atom is 0.415 e. The molecule has 1 radical (unpaired) electrons. The molecule has 0 aliphatic carbocycles. The summed E-state index contributed by atoms with van der Waals surface area (Å²) in [5.41, 5.74) is 0. The lowest BCUT2D eigenvalue weighted by atomic mass is 11.3. The number of rotatable bonds is 0. The first-order chi connectivity index (χ1) is 2.89. The molecule has 0 unspecified atom stereocenters. The van der Waals surface area contributed by atoms with Crippen molar-refractivity contribution in [2.45, 2.75) is 0 Å². The van der Waals surface area contributed by atoms with Gasteiger partial charge in [-0.25, -0.2) is 0 Å². The zero-order chi connectivity index (χ0) is 4.41. The third-order valence-electron chi connectivity index (χ3n) is 0.314. The van der Waals surface area contributed by atoms with Crippen LogP contribution in [-0.4, -0.2) is 15.2 Å². The lowest BCUT2D eigenvalue weighted by Gasteiger charge is -1.63. The van der Waals surface area contributed by atoms with Crippen LogP contribution >= 0.6 is 0 Å². The maximum absolute atomic E-state index is 8.10. The highest BCUT2D eigenvalue weighted by atomic mass is 16.6. The SMILES string of the molecule is Oc1n[c]no1. The van der Waals surface area contributed by atoms with Crippen LogP contribution in [0.4, 0.5) is 0 Å². The molecule has 0 amide bonds. The Labute approximate surface area is 33.4 Å². The summed E-state index contributed by atoms with van der Waals surface area (Å²) < 4.78 is 3.97. The van der Waals surface area contributed by atoms with Crippen molar-refractivity contribution in [3.05, 3.63) is 6.33 Å². The van der Waals surface area contributed by atoms with E-state index in [4.69, 9.17) is 5.11 Å². The summed E-state index contributed by atoms with van der Waals surface area (Å²) in [6.07, 6.45) is 1.56. The van der Waals surface area contributed by atoms with E-state index in [1.54, 1.807) is 0 Å². The van der Waals surface area contributed by atoms with Gasteiger partial charge in [0.15, 0.2) is 0 Å². The molecule has 0 saturated carbocycles. The van der Waals surface area contributed by atoms with Gasteiger partial charge >= 0.3 is 6.08 Å². The van der Waals surface area contributed by atoms with E-state index in [1.807, 2.05) is 6.33 Å². The Morgan fingerprint density at radius 3 is 2.83 bits per heavy atom. The molecule has 4 nitrogen and oxygen atoms in total. The van der Waals surface area contributed by atoms with E-state index in [2.05, 4.69) is 14.7 Å². The van der Waals surface area contributed by atoms with Crippen LogP contribution in [0, 0.1) is 6.33 Å². The van der Waals surface area contributed by atoms with Crippen LogP contribution in [0.3, 0.4) is 0 Å². The molecule has 0 bridgehead atoms. The molecule has 0 aliphatic rings. The van der Waals surface area contributed by atoms with Crippen molar-refractivity contribution in [2.75, 3.05) is 0 Å². The van der Waals surface area contributed by atoms with Gasteiger partial charge in [0.25, 0.3) is 0 Å². The first-order valence-electron chi connectivity index (χ1n) is 1.28. The van der Waals surface area contributed by atoms with Crippen LogP contribution in [0.2, 0.25) is 0 Å². The second-order valence-corrected chi connectivity index (χ2v) is 0.677. The Bertz CT molecular complexity index is 113. The molecule has 0 aromatic carbocycles. The molecule has 0 fully saturated rings. The van der Waals surface area contributed by atoms with Gasteiger partial charge < -0.3 is 5.11 Å². The fourth-order valence-electron chi connectivity index (χ4n) is 0.145. The molecular weight excluding hydrogens is 84.0 g/mol. The quantitative estimate of drug-likeness (QED) is 0.464. The van der Waals surface area contributed by atoms with Crippen LogP contribution < -0.4 is 0 Å². The van der Waals surface area contributed by atoms with Crippen molar-refractivity contribution >= 4 is 0 Å². The maximum atomic E-state index is 8.10. The van der Waals surface area contributed by atoms with E-state index in [0.29, 0.717) is 0 Å². The van der Waals surface area contributed by atoms with Gasteiger partial charge in [0.2, 0.25) is 6.33 Å². The fourth-order valence-corrected chi connectivity index (χ4v) is 0.145. The van der Waals surface area contributed by atoms with E-state index >= 15 is 0 Å². The second-order valence-electron chi connectivity index (χ2n) is 0.677. The average Bonchev–Trinajstić information content (AvgIpc) is 1.86. The molecule has 31 valence electrons. The van der Waals surface area contributed by atoms with E-state index in [-0.39, 0.29) is 0 Å². The predicted octanol–water partition coefficient (Wildman–Crippen LogP) is -0.425. The van der Waals surface area contributed by atoms with Gasteiger partial charge in [-0.3, -0.25) is 4.52 Å². The van der Waals surface area contributed by atoms with Crippen molar-refractivity contribution in [1.29, 1.82) is 0 Å². The van der Waals surface area contributed by atoms with Gasteiger partial charge in [0.1, 0.15) is 0 Å². The van der Waals surface area contributed by atoms with E-state index < -0.39 is 6.08 Å². The number of hydrogen-bond acceptors (Lipinski definition) is 4. The first-order valence-corrected chi connectivity index (χ1v) is 1.28. The molecule has 6 heavy (non-hydrogen) atoms. The highest BCUT2D eigenvalue weighted by Gasteiger charge is 1.85. The normalized spacial score (nSPS) is 8.67. The average molecular weight is 85.0 g/mol. The van der Waals surface area contributed by atoms with Crippen LogP contribution in [0.25, 0.3) is 0 Å². The number of nitrogens with zero attached hydrogens (tertiary/aromatic N) is 2. The zero-order valence-electron chi connectivity index (χ0n) is 2.75. The molecule has 1 rings (SSSR count). The van der Waals surface area contributed by atoms with Gasteiger partial charge in [-0.15, -0.1) is 4.98 Å². The molecule has 0 saturated heterocycles. The predicted molar refractivity (Wildman–Crippen MR) is 14.8 cm³/mol. The third-order valence-corrected chi connectivity index (χ3v) is 0.314. The summed E-state index contributed by atoms with van der Waals surface area (Å²) in [6.45, 7) is 0. The van der Waals surface area contributed by atoms with Crippen molar-refractivity contribution < 1.29 is 9.63 Å². The highest BCUT2D eigenvalue weighted by molar-refractivity contribution is 4.70. The lowest BCUT2D eigenvalue weighted by Crippen LogP contribution is -1.52. The smallest absolute Gasteiger partial charge is 0.415 e. The largest absolute Gasteiger partial charge is 0.464 e. The Hall–Kier alpha value is -1.06. The standard InChI is InChI=1S/C2HN2O2/c5-2-3-1-4-6-2/h(H,3,4,5). The number of aromatic hydroxyl groups is 1. The fraction of sp³-hybridized carbons (Fsp3) is 0. The summed E-state index contributed by atoms with van der Waals surface area (Å²) in [5.74, 6) is 0. The Morgan fingerprint density at radius 1 is 1.83 bits per heavy atom. The molecule has 1 heterocycles. The van der Waals surface area contributed by atoms with Gasteiger partial charge in [0.05, 0.1) is 0 Å². The summed E-state index contributed by atoms with van der Waals surface area (Å²) >= 11 is 0. The van der Waals surface area contributed by atoms with Crippen LogP contribution in [-0.2, 0) is 0 Å². The molecule has 0 atom stereocenters.